The smallest absolute Gasteiger partial charge is 0.331 e. The third-order valence-corrected chi connectivity index (χ3v) is 4.40. The first-order valence-corrected chi connectivity index (χ1v) is 8.16. The van der Waals surface area contributed by atoms with Crippen molar-refractivity contribution in [2.24, 2.45) is 11.7 Å². The summed E-state index contributed by atoms with van der Waals surface area (Å²) in [4.78, 5) is 34.6. The van der Waals surface area contributed by atoms with Gasteiger partial charge in [0.05, 0.1) is 11.7 Å². The third kappa shape index (κ3) is 4.51. The molecule has 1 saturated heterocycles. The van der Waals surface area contributed by atoms with Crippen molar-refractivity contribution in [1.29, 1.82) is 0 Å². The van der Waals surface area contributed by atoms with Crippen molar-refractivity contribution >= 4 is 18.0 Å². The first kappa shape index (κ1) is 20.1. The molecule has 2 unspecified atom stereocenters. The number of carboxylic acids is 2. The van der Waals surface area contributed by atoms with Gasteiger partial charge < -0.3 is 31.9 Å². The van der Waals surface area contributed by atoms with Crippen molar-refractivity contribution in [3.05, 3.63) is 41.9 Å². The highest BCUT2D eigenvalue weighted by Gasteiger charge is 2.48. The summed E-state index contributed by atoms with van der Waals surface area (Å²) in [7, 11) is 0. The molecule has 11 nitrogen and oxygen atoms in total. The number of nitrogens with one attached hydrogen (secondary N) is 4. The number of carbonyl (C=O) groups is 3. The number of rotatable bonds is 4. The van der Waals surface area contributed by atoms with Gasteiger partial charge in [0.1, 0.15) is 0 Å². The maximum atomic E-state index is 11.9. The fourth-order valence-corrected chi connectivity index (χ4v) is 2.59. The average Bonchev–Trinajstić information content (AvgIpc) is 3.14. The van der Waals surface area contributed by atoms with Gasteiger partial charge in [-0.25, -0.2) is 14.4 Å². The molecular weight excluding hydrogens is 356 g/mol. The van der Waals surface area contributed by atoms with Crippen LogP contribution < -0.4 is 21.7 Å². The molecule has 0 bridgehead atoms. The number of allylic oxidation sites excluding steroid dienone is 2. The molecule has 0 aromatic carbocycles. The van der Waals surface area contributed by atoms with Crippen LogP contribution in [-0.4, -0.2) is 63.1 Å². The largest absolute Gasteiger partial charge is 0.480 e. The number of hydrogen-bond donors (Lipinski definition) is 7. The normalized spacial score (nSPS) is 24.3. The molecule has 146 valence electrons. The molecular formula is C16H22N6O5. The molecule has 27 heavy (non-hydrogen) atoms. The Hall–Kier alpha value is -3.18. The summed E-state index contributed by atoms with van der Waals surface area (Å²) < 4.78 is 0. The Balaban J connectivity index is 0.000000451. The van der Waals surface area contributed by atoms with Crippen molar-refractivity contribution in [3.8, 4) is 0 Å². The van der Waals surface area contributed by atoms with E-state index in [1.165, 1.54) is 19.1 Å². The number of amides is 2. The van der Waals surface area contributed by atoms with Gasteiger partial charge in [-0.1, -0.05) is 6.92 Å². The first-order chi connectivity index (χ1) is 12.8. The second kappa shape index (κ2) is 8.47. The fourth-order valence-electron chi connectivity index (χ4n) is 2.59. The minimum absolute atomic E-state index is 0.0243. The van der Waals surface area contributed by atoms with Gasteiger partial charge in [-0.2, -0.15) is 5.10 Å². The predicted octanol–water partition coefficient (Wildman–Crippen LogP) is -1.01. The van der Waals surface area contributed by atoms with Crippen LogP contribution in [0.4, 0.5) is 4.79 Å². The second-order valence-corrected chi connectivity index (χ2v) is 6.12. The van der Waals surface area contributed by atoms with Gasteiger partial charge in [0, 0.05) is 37.0 Å². The zero-order valence-electron chi connectivity index (χ0n) is 14.6. The molecule has 2 amide bonds. The highest BCUT2D eigenvalue weighted by molar-refractivity contribution is 5.94. The van der Waals surface area contributed by atoms with Gasteiger partial charge in [-0.15, -0.1) is 0 Å². The standard InChI is InChI=1S/C13H18N4O5.C3H4N2/c1-6-8(10(18)19)2-3-9(13(6,14)11(20)21)17-12(22)16-7-4-15-5-7;1-2-4-5-3-1/h2-3,6-7,15H,4-5,14H2,1H3,(H,18,19)(H,20,21)(H2,16,17,22);1-3H,(H,4,5). The molecule has 1 aliphatic carbocycles. The van der Waals surface area contributed by atoms with Gasteiger partial charge >= 0.3 is 18.0 Å². The summed E-state index contributed by atoms with van der Waals surface area (Å²) in [6.07, 6.45) is 5.93. The lowest BCUT2D eigenvalue weighted by Gasteiger charge is -2.37. The molecule has 2 atom stereocenters. The summed E-state index contributed by atoms with van der Waals surface area (Å²) >= 11 is 0. The molecule has 1 fully saturated rings. The van der Waals surface area contributed by atoms with Crippen LogP contribution in [0.1, 0.15) is 6.92 Å². The monoisotopic (exact) mass is 378 g/mol. The minimum Gasteiger partial charge on any atom is -0.480 e. The number of nitrogens with zero attached hydrogens (tertiary/aromatic N) is 1. The molecule has 1 aromatic heterocycles. The minimum atomic E-state index is -2.02. The zero-order chi connectivity index (χ0) is 20.0. The van der Waals surface area contributed by atoms with Crippen molar-refractivity contribution in [2.45, 2.75) is 18.5 Å². The van der Waals surface area contributed by atoms with E-state index in [2.05, 4.69) is 26.1 Å². The molecule has 3 rings (SSSR count). The number of carbonyl (C=O) groups excluding carboxylic acids is 1. The molecule has 2 aliphatic rings. The number of aliphatic carboxylic acids is 2. The SMILES string of the molecule is CC1C(C(=O)O)=CC=C(NC(=O)NC2CNC2)C1(N)C(=O)O.c1cn[nH]c1. The summed E-state index contributed by atoms with van der Waals surface area (Å²) in [5, 5.41) is 32.8. The molecule has 0 spiro atoms. The van der Waals surface area contributed by atoms with Crippen LogP contribution >= 0.6 is 0 Å². The van der Waals surface area contributed by atoms with Crippen molar-refractivity contribution in [1.82, 2.24) is 26.1 Å². The number of aromatic amines is 1. The van der Waals surface area contributed by atoms with E-state index in [0.717, 1.165) is 0 Å². The van der Waals surface area contributed by atoms with Crippen LogP contribution in [0.25, 0.3) is 0 Å². The summed E-state index contributed by atoms with van der Waals surface area (Å²) in [6.45, 7) is 2.67. The lowest BCUT2D eigenvalue weighted by atomic mass is 9.75. The maximum Gasteiger partial charge on any atom is 0.331 e. The fraction of sp³-hybridized carbons (Fsp3) is 0.375. The summed E-state index contributed by atoms with van der Waals surface area (Å²) in [6, 6.07) is 1.23. The van der Waals surface area contributed by atoms with E-state index < -0.39 is 29.4 Å². The first-order valence-electron chi connectivity index (χ1n) is 8.16. The lowest BCUT2D eigenvalue weighted by molar-refractivity contribution is -0.143. The van der Waals surface area contributed by atoms with Crippen LogP contribution in [0.2, 0.25) is 0 Å². The molecule has 8 N–H and O–H groups in total. The summed E-state index contributed by atoms with van der Waals surface area (Å²) in [5.74, 6) is -3.67. The Bertz CT molecular complexity index is 738. The predicted molar refractivity (Wildman–Crippen MR) is 94.4 cm³/mol. The van der Waals surface area contributed by atoms with Gasteiger partial charge in [-0.05, 0) is 18.2 Å². The van der Waals surface area contributed by atoms with E-state index in [1.54, 1.807) is 12.4 Å². The quantitative estimate of drug-likeness (QED) is 0.348. The van der Waals surface area contributed by atoms with Crippen LogP contribution in [0.5, 0.6) is 0 Å². The highest BCUT2D eigenvalue weighted by atomic mass is 16.4. The summed E-state index contributed by atoms with van der Waals surface area (Å²) in [5.41, 5.74) is 3.72. The highest BCUT2D eigenvalue weighted by Crippen LogP contribution is 2.32. The van der Waals surface area contributed by atoms with Crippen LogP contribution in [-0.2, 0) is 9.59 Å². The van der Waals surface area contributed by atoms with E-state index >= 15 is 0 Å². The maximum absolute atomic E-state index is 11.9. The molecule has 0 saturated carbocycles. The average molecular weight is 378 g/mol. The number of carboxylic acid groups (broad SMARTS) is 2. The second-order valence-electron chi connectivity index (χ2n) is 6.12. The number of urea groups is 1. The lowest BCUT2D eigenvalue weighted by Crippen LogP contribution is -2.63. The van der Waals surface area contributed by atoms with E-state index in [0.29, 0.717) is 13.1 Å². The van der Waals surface area contributed by atoms with E-state index in [4.69, 9.17) is 10.8 Å². The molecule has 0 radical (unpaired) electrons. The molecule has 11 heteroatoms. The topological polar surface area (TPSA) is 182 Å². The van der Waals surface area contributed by atoms with Crippen LogP contribution in [0, 0.1) is 5.92 Å². The van der Waals surface area contributed by atoms with Gasteiger partial charge in [0.15, 0.2) is 5.54 Å². The zero-order valence-corrected chi connectivity index (χ0v) is 14.6. The number of hydrogen-bond acceptors (Lipinski definition) is 6. The Kier molecular flexibility index (Phi) is 6.32. The van der Waals surface area contributed by atoms with E-state index in [9.17, 15) is 19.5 Å². The van der Waals surface area contributed by atoms with E-state index in [-0.39, 0.29) is 17.3 Å². The van der Waals surface area contributed by atoms with Crippen molar-refractivity contribution in [3.63, 3.8) is 0 Å². The molecule has 1 aliphatic heterocycles. The number of aromatic nitrogens is 2. The number of nitrogens with two attached hydrogens (primary N) is 1. The Morgan fingerprint density at radius 3 is 2.41 bits per heavy atom. The van der Waals surface area contributed by atoms with Crippen molar-refractivity contribution in [2.75, 3.05) is 13.1 Å². The van der Waals surface area contributed by atoms with Crippen LogP contribution in [0.15, 0.2) is 41.9 Å². The molecule has 2 heterocycles. The Labute approximate surface area is 154 Å². The van der Waals surface area contributed by atoms with Gasteiger partial charge in [0.2, 0.25) is 0 Å². The molecule has 1 aromatic rings. The Morgan fingerprint density at radius 1 is 1.30 bits per heavy atom. The van der Waals surface area contributed by atoms with Gasteiger partial charge in [-0.3, -0.25) is 5.10 Å². The van der Waals surface area contributed by atoms with Crippen molar-refractivity contribution < 1.29 is 24.6 Å². The van der Waals surface area contributed by atoms with E-state index in [1.807, 2.05) is 6.07 Å². The number of H-pyrrole nitrogens is 1. The Morgan fingerprint density at radius 2 is 2.00 bits per heavy atom. The van der Waals surface area contributed by atoms with Gasteiger partial charge in [0.25, 0.3) is 0 Å². The third-order valence-electron chi connectivity index (χ3n) is 4.40. The van der Waals surface area contributed by atoms with Crippen LogP contribution in [0.3, 0.4) is 0 Å².